The minimum Gasteiger partial charge on any atom is -0.465 e. The molecule has 0 bridgehead atoms. The Bertz CT molecular complexity index is 524. The number of carbonyl (C=O) groups is 1. The monoisotopic (exact) mass is 226 g/mol. The zero-order chi connectivity index (χ0) is 15.1. The Hall–Kier alpha value is -1.32. The maximum absolute atomic E-state index is 11.7. The molecular formula is C12H18N2O2. The molecule has 0 unspecified atom stereocenters. The molecule has 0 radical (unpaired) electrons. The zero-order valence-corrected chi connectivity index (χ0v) is 9.49. The van der Waals surface area contributed by atoms with E-state index in [0.29, 0.717) is 12.1 Å². The molecule has 0 saturated carbocycles. The lowest BCUT2D eigenvalue weighted by atomic mass is 9.89. The molecule has 1 aromatic rings. The summed E-state index contributed by atoms with van der Waals surface area (Å²) >= 11 is 0. The van der Waals surface area contributed by atoms with Gasteiger partial charge < -0.3 is 9.30 Å². The third-order valence-electron chi connectivity index (χ3n) is 3.22. The van der Waals surface area contributed by atoms with Crippen LogP contribution in [0.15, 0.2) is 6.17 Å². The fraction of sp³-hybridized carbons (Fsp3) is 0.667. The van der Waals surface area contributed by atoms with Crippen molar-refractivity contribution in [2.45, 2.75) is 26.6 Å². The van der Waals surface area contributed by atoms with Gasteiger partial charge in [0.2, 0.25) is 0 Å². The van der Waals surface area contributed by atoms with E-state index in [9.17, 15) is 4.79 Å². The summed E-state index contributed by atoms with van der Waals surface area (Å²) in [5.41, 5.74) is 0.710. The number of cyclic esters (lactones) is 1. The van der Waals surface area contributed by atoms with Crippen molar-refractivity contribution < 1.29 is 15.0 Å². The number of imidazole rings is 1. The average Bonchev–Trinajstić information content (AvgIpc) is 2.75. The fourth-order valence-electron chi connectivity index (χ4n) is 1.98. The molecule has 1 saturated heterocycles. The van der Waals surface area contributed by atoms with Crippen molar-refractivity contribution in [3.63, 3.8) is 0 Å². The van der Waals surface area contributed by atoms with Crippen molar-refractivity contribution in [3.8, 4) is 0 Å². The predicted octanol–water partition coefficient (Wildman–Crippen LogP) is 1.47. The Morgan fingerprint density at radius 2 is 2.62 bits per heavy atom. The number of nitrogens with zero attached hydrogens (tertiary/aromatic N) is 2. The third kappa shape index (κ3) is 1.84. The number of esters is 1. The molecule has 88 valence electrons. The van der Waals surface area contributed by atoms with Crippen molar-refractivity contribution in [2.24, 2.45) is 18.9 Å². The molecule has 0 spiro atoms. The first-order valence-corrected chi connectivity index (χ1v) is 5.34. The van der Waals surface area contributed by atoms with Crippen LogP contribution in [-0.2, 0) is 23.0 Å². The molecule has 2 heterocycles. The Morgan fingerprint density at radius 1 is 1.81 bits per heavy atom. The number of aryl methyl sites for hydroxylation is 1. The lowest BCUT2D eigenvalue weighted by molar-refractivity contribution is -0.141. The van der Waals surface area contributed by atoms with Crippen LogP contribution < -0.4 is 0 Å². The molecule has 0 aliphatic carbocycles. The van der Waals surface area contributed by atoms with Gasteiger partial charge in [0.25, 0.3) is 0 Å². The molecule has 1 aromatic heterocycles. The van der Waals surface area contributed by atoms with E-state index < -0.39 is 18.7 Å². The normalized spacial score (nSPS) is 29.2. The fourth-order valence-corrected chi connectivity index (χ4v) is 1.98. The zero-order valence-electron chi connectivity index (χ0n) is 13.5. The molecule has 2 rings (SSSR count). The Balaban J connectivity index is 2.17. The van der Waals surface area contributed by atoms with Crippen molar-refractivity contribution in [3.05, 3.63) is 17.7 Å². The van der Waals surface area contributed by atoms with Gasteiger partial charge in [0, 0.05) is 28.9 Å². The van der Waals surface area contributed by atoms with Crippen molar-refractivity contribution in [1.82, 2.24) is 9.55 Å². The number of carbonyl (C=O) groups excluding carboxylic acids is 1. The summed E-state index contributed by atoms with van der Waals surface area (Å²) in [7, 11) is 1.81. The van der Waals surface area contributed by atoms with Crippen LogP contribution >= 0.6 is 0 Å². The van der Waals surface area contributed by atoms with E-state index in [2.05, 4.69) is 4.98 Å². The van der Waals surface area contributed by atoms with Gasteiger partial charge in [0.1, 0.15) is 5.82 Å². The van der Waals surface area contributed by atoms with E-state index in [1.165, 1.54) is 0 Å². The standard InChI is InChI=1S/C12H18N2O2/c1-4-11-9(7-16-12(11)15)5-10-6-13-8(2)14(10)3/h6,9,11H,4-5,7H2,1-3H3/t9-,11-/m0/s1/i1D3,6D. The highest BCUT2D eigenvalue weighted by atomic mass is 16.5. The van der Waals surface area contributed by atoms with Gasteiger partial charge in [0.15, 0.2) is 0 Å². The van der Waals surface area contributed by atoms with E-state index in [4.69, 9.17) is 10.2 Å². The van der Waals surface area contributed by atoms with Crippen LogP contribution in [0.25, 0.3) is 0 Å². The number of aromatic nitrogens is 2. The first kappa shape index (κ1) is 7.09. The second kappa shape index (κ2) is 4.28. The summed E-state index contributed by atoms with van der Waals surface area (Å²) in [6.45, 7) is -0.139. The topological polar surface area (TPSA) is 44.1 Å². The molecule has 16 heavy (non-hydrogen) atoms. The highest BCUT2D eigenvalue weighted by Crippen LogP contribution is 2.28. The second-order valence-corrected chi connectivity index (χ2v) is 4.18. The smallest absolute Gasteiger partial charge is 0.309 e. The van der Waals surface area contributed by atoms with E-state index in [-0.39, 0.29) is 25.1 Å². The van der Waals surface area contributed by atoms with Crippen molar-refractivity contribution >= 4 is 5.97 Å². The van der Waals surface area contributed by atoms with Crippen LogP contribution in [-0.4, -0.2) is 22.1 Å². The second-order valence-electron chi connectivity index (χ2n) is 4.18. The third-order valence-corrected chi connectivity index (χ3v) is 3.22. The van der Waals surface area contributed by atoms with Gasteiger partial charge in [-0.15, -0.1) is 0 Å². The predicted molar refractivity (Wildman–Crippen MR) is 59.9 cm³/mol. The number of ether oxygens (including phenoxy) is 1. The van der Waals surface area contributed by atoms with Crippen LogP contribution in [0.2, 0.25) is 0 Å². The summed E-state index contributed by atoms with van der Waals surface area (Å²) in [6.07, 6.45) is 0.431. The van der Waals surface area contributed by atoms with Crippen LogP contribution in [0.3, 0.4) is 0 Å². The molecule has 4 heteroatoms. The Kier molecular flexibility index (Phi) is 1.90. The van der Waals surface area contributed by atoms with Gasteiger partial charge in [-0.1, -0.05) is 6.85 Å². The van der Waals surface area contributed by atoms with E-state index >= 15 is 0 Å². The van der Waals surface area contributed by atoms with Gasteiger partial charge >= 0.3 is 5.97 Å². The van der Waals surface area contributed by atoms with Crippen molar-refractivity contribution in [2.75, 3.05) is 6.61 Å². The quantitative estimate of drug-likeness (QED) is 0.733. The van der Waals surface area contributed by atoms with E-state index in [1.54, 1.807) is 11.5 Å². The number of hydrogen-bond acceptors (Lipinski definition) is 3. The highest BCUT2D eigenvalue weighted by Gasteiger charge is 2.35. The Morgan fingerprint density at radius 3 is 3.25 bits per heavy atom. The maximum Gasteiger partial charge on any atom is 0.309 e. The molecule has 1 aliphatic rings. The lowest BCUT2D eigenvalue weighted by Crippen LogP contribution is -2.18. The van der Waals surface area contributed by atoms with Gasteiger partial charge in [-0.05, 0) is 19.8 Å². The summed E-state index contributed by atoms with van der Waals surface area (Å²) < 4.78 is 36.6. The molecule has 0 aromatic carbocycles. The van der Waals surface area contributed by atoms with Crippen LogP contribution in [0.5, 0.6) is 0 Å². The highest BCUT2D eigenvalue weighted by molar-refractivity contribution is 5.74. The lowest BCUT2D eigenvalue weighted by Gasteiger charge is -2.13. The molecule has 1 fully saturated rings. The summed E-state index contributed by atoms with van der Waals surface area (Å²) in [6, 6.07) is 0. The number of hydrogen-bond donors (Lipinski definition) is 0. The first-order valence-electron chi connectivity index (χ1n) is 7.34. The summed E-state index contributed by atoms with van der Waals surface area (Å²) in [5, 5.41) is 0. The van der Waals surface area contributed by atoms with Gasteiger partial charge in [-0.2, -0.15) is 0 Å². The average molecular weight is 226 g/mol. The minimum atomic E-state index is -2.15. The molecule has 4 nitrogen and oxygen atoms in total. The van der Waals surface area contributed by atoms with Gasteiger partial charge in [0.05, 0.1) is 13.9 Å². The molecule has 0 N–H and O–H groups in total. The van der Waals surface area contributed by atoms with Gasteiger partial charge in [-0.25, -0.2) is 4.98 Å². The van der Waals surface area contributed by atoms with Gasteiger partial charge in [-0.3, -0.25) is 4.79 Å². The van der Waals surface area contributed by atoms with Crippen LogP contribution in [0.4, 0.5) is 0 Å². The molecule has 2 atom stereocenters. The van der Waals surface area contributed by atoms with E-state index in [1.807, 2.05) is 7.05 Å². The van der Waals surface area contributed by atoms with Crippen LogP contribution in [0.1, 0.15) is 30.3 Å². The summed E-state index contributed by atoms with van der Waals surface area (Å²) in [5.74, 6) is -0.557. The molecule has 1 aliphatic heterocycles. The molecule has 0 amide bonds. The van der Waals surface area contributed by atoms with E-state index in [0.717, 1.165) is 5.82 Å². The minimum absolute atomic E-state index is 0.178. The van der Waals surface area contributed by atoms with Crippen LogP contribution in [0, 0.1) is 18.8 Å². The largest absolute Gasteiger partial charge is 0.465 e. The first-order chi connectivity index (χ1) is 9.19. The Labute approximate surface area is 101 Å². The number of rotatable bonds is 3. The SMILES string of the molecule is [2H]c1nc(C)n(C)c1C[C@H]1COC(=O)[C@H]1CC([2H])([2H])[2H]. The summed E-state index contributed by atoms with van der Waals surface area (Å²) in [4.78, 5) is 15.8. The maximum atomic E-state index is 11.7. The van der Waals surface area contributed by atoms with Crippen molar-refractivity contribution in [1.29, 1.82) is 0 Å². The molecular weight excluding hydrogens is 204 g/mol.